The molecule has 0 spiro atoms. The number of nitrogens with zero attached hydrogens (tertiary/aromatic N) is 2. The number of imide groups is 1. The minimum absolute atomic E-state index is 0.213. The fraction of sp³-hybridized carbons (Fsp3) is 0.591. The van der Waals surface area contributed by atoms with Crippen molar-refractivity contribution in [2.75, 3.05) is 13.1 Å². The van der Waals surface area contributed by atoms with Crippen LogP contribution in [0.2, 0.25) is 0 Å². The first-order valence-corrected chi connectivity index (χ1v) is 12.7. The molecule has 0 radical (unpaired) electrons. The van der Waals surface area contributed by atoms with Crippen LogP contribution < -0.4 is 10.7 Å². The van der Waals surface area contributed by atoms with Crippen molar-refractivity contribution < 1.29 is 22.8 Å². The van der Waals surface area contributed by atoms with Gasteiger partial charge < -0.3 is 5.32 Å². The summed E-state index contributed by atoms with van der Waals surface area (Å²) in [4.78, 5) is 37.6. The van der Waals surface area contributed by atoms with Crippen molar-refractivity contribution in [3.63, 3.8) is 0 Å². The van der Waals surface area contributed by atoms with E-state index in [1.54, 1.807) is 26.0 Å². The molecule has 0 aromatic heterocycles. The summed E-state index contributed by atoms with van der Waals surface area (Å²) in [6.45, 7) is 3.82. The van der Waals surface area contributed by atoms with Crippen LogP contribution in [-0.2, 0) is 32.5 Å². The number of carbonyl (C=O) groups excluding carboxylic acids is 3. The lowest BCUT2D eigenvalue weighted by Crippen LogP contribution is -2.51. The molecule has 1 unspecified atom stereocenters. The summed E-state index contributed by atoms with van der Waals surface area (Å²) in [7, 11) is -3.63. The molecule has 174 valence electrons. The molecule has 32 heavy (non-hydrogen) atoms. The van der Waals surface area contributed by atoms with Crippen LogP contribution >= 0.6 is 0 Å². The summed E-state index contributed by atoms with van der Waals surface area (Å²) in [6.07, 6.45) is 5.16. The number of fused-ring (bicyclic) bond motifs is 1. The molecule has 2 saturated heterocycles. The molecule has 1 aromatic carbocycles. The van der Waals surface area contributed by atoms with Gasteiger partial charge in [0, 0.05) is 19.0 Å². The van der Waals surface area contributed by atoms with Crippen LogP contribution in [0.4, 0.5) is 4.79 Å². The largest absolute Gasteiger partial charge is 0.344 e. The molecule has 1 aliphatic carbocycles. The zero-order valence-electron chi connectivity index (χ0n) is 18.5. The highest BCUT2D eigenvalue weighted by molar-refractivity contribution is 7.89. The lowest BCUT2D eigenvalue weighted by atomic mass is 9.92. The summed E-state index contributed by atoms with van der Waals surface area (Å²) in [5, 5.41) is 3.33. The number of piperidine rings is 1. The van der Waals surface area contributed by atoms with Crippen molar-refractivity contribution in [1.29, 1.82) is 0 Å². The average Bonchev–Trinajstić information content (AvgIpc) is 3.02. The van der Waals surface area contributed by atoms with Gasteiger partial charge >= 0.3 is 6.03 Å². The highest BCUT2D eigenvalue weighted by Crippen LogP contribution is 2.28. The van der Waals surface area contributed by atoms with Crippen molar-refractivity contribution in [3.05, 3.63) is 29.3 Å². The molecular formula is C22H30N4O5S. The second-order valence-electron chi connectivity index (χ2n) is 9.05. The first-order valence-electron chi connectivity index (χ1n) is 11.2. The van der Waals surface area contributed by atoms with Gasteiger partial charge in [0.25, 0.3) is 5.91 Å². The van der Waals surface area contributed by atoms with Gasteiger partial charge in [-0.3, -0.25) is 15.0 Å². The van der Waals surface area contributed by atoms with Crippen molar-refractivity contribution in [1.82, 2.24) is 20.1 Å². The van der Waals surface area contributed by atoms with E-state index in [1.165, 1.54) is 9.87 Å². The van der Waals surface area contributed by atoms with Gasteiger partial charge in [-0.2, -0.15) is 9.31 Å². The number of nitrogens with one attached hydrogen (secondary N) is 2. The number of benzene rings is 1. The smallest absolute Gasteiger partial charge is 0.322 e. The Kier molecular flexibility index (Phi) is 6.02. The summed E-state index contributed by atoms with van der Waals surface area (Å²) in [6, 6.07) is 4.75. The number of hydrazine groups is 1. The predicted octanol–water partition coefficient (Wildman–Crippen LogP) is 1.72. The Bertz CT molecular complexity index is 1050. The Labute approximate surface area is 188 Å². The van der Waals surface area contributed by atoms with E-state index < -0.39 is 39.3 Å². The van der Waals surface area contributed by atoms with Crippen LogP contribution in [0, 0.1) is 5.92 Å². The fourth-order valence-corrected chi connectivity index (χ4v) is 6.13. The number of amides is 4. The van der Waals surface area contributed by atoms with Crippen LogP contribution in [0.5, 0.6) is 0 Å². The third-order valence-corrected chi connectivity index (χ3v) is 8.87. The summed E-state index contributed by atoms with van der Waals surface area (Å²) in [5.41, 5.74) is 3.73. The molecule has 2 heterocycles. The van der Waals surface area contributed by atoms with Gasteiger partial charge in [0.2, 0.25) is 15.9 Å². The molecule has 2 fully saturated rings. The molecule has 1 aromatic rings. The second kappa shape index (κ2) is 8.47. The van der Waals surface area contributed by atoms with Crippen molar-refractivity contribution in [3.8, 4) is 0 Å². The van der Waals surface area contributed by atoms with Crippen LogP contribution in [-0.4, -0.2) is 54.2 Å². The molecule has 3 aliphatic rings. The molecular weight excluding hydrogens is 432 g/mol. The van der Waals surface area contributed by atoms with Gasteiger partial charge in [-0.1, -0.05) is 13.0 Å². The molecule has 2 N–H and O–H groups in total. The van der Waals surface area contributed by atoms with E-state index in [0.717, 1.165) is 36.3 Å². The molecule has 9 nitrogen and oxygen atoms in total. The van der Waals surface area contributed by atoms with Gasteiger partial charge in [-0.25, -0.2) is 13.2 Å². The maximum absolute atomic E-state index is 13.1. The number of urea groups is 1. The Morgan fingerprint density at radius 3 is 2.44 bits per heavy atom. The molecule has 1 atom stereocenters. The topological polar surface area (TPSA) is 116 Å². The van der Waals surface area contributed by atoms with Gasteiger partial charge in [0.05, 0.1) is 4.90 Å². The third-order valence-electron chi connectivity index (χ3n) is 6.97. The zero-order chi connectivity index (χ0) is 23.1. The van der Waals surface area contributed by atoms with E-state index in [4.69, 9.17) is 0 Å². The number of sulfonamides is 1. The van der Waals surface area contributed by atoms with E-state index in [9.17, 15) is 22.8 Å². The summed E-state index contributed by atoms with van der Waals surface area (Å²) < 4.78 is 27.7. The van der Waals surface area contributed by atoms with Crippen LogP contribution in [0.3, 0.4) is 0 Å². The average molecular weight is 463 g/mol. The number of carbonyl (C=O) groups is 3. The van der Waals surface area contributed by atoms with Gasteiger partial charge in [-0.05, 0) is 75.1 Å². The van der Waals surface area contributed by atoms with Crippen molar-refractivity contribution in [2.24, 2.45) is 5.92 Å². The zero-order valence-corrected chi connectivity index (χ0v) is 19.3. The molecule has 4 amide bonds. The van der Waals surface area contributed by atoms with Crippen LogP contribution in [0.1, 0.15) is 57.1 Å². The fourth-order valence-electron chi connectivity index (χ4n) is 4.60. The summed E-state index contributed by atoms with van der Waals surface area (Å²) >= 11 is 0. The van der Waals surface area contributed by atoms with E-state index in [2.05, 4.69) is 10.7 Å². The normalized spacial score (nSPS) is 24.9. The maximum atomic E-state index is 13.1. The van der Waals surface area contributed by atoms with Gasteiger partial charge in [0.1, 0.15) is 5.54 Å². The lowest BCUT2D eigenvalue weighted by molar-refractivity contribution is -0.140. The van der Waals surface area contributed by atoms with E-state index in [1.807, 2.05) is 6.07 Å². The summed E-state index contributed by atoms with van der Waals surface area (Å²) in [5.74, 6) is -1.41. The first-order chi connectivity index (χ1) is 15.2. The SMILES string of the molecule is CCC1(C)NC(=O)N(NC(=O)C2CCN(S(=O)(=O)c3ccc4c(c3)CCCC4)CC2)C1=O. The second-order valence-corrected chi connectivity index (χ2v) is 11.0. The maximum Gasteiger partial charge on any atom is 0.344 e. The van der Waals surface area contributed by atoms with Crippen molar-refractivity contribution >= 4 is 27.9 Å². The van der Waals surface area contributed by atoms with Gasteiger partial charge in [0.15, 0.2) is 0 Å². The molecule has 2 aliphatic heterocycles. The minimum Gasteiger partial charge on any atom is -0.322 e. The lowest BCUT2D eigenvalue weighted by Gasteiger charge is -2.31. The standard InChI is InChI=1S/C22H30N4O5S/c1-3-22(2)20(28)26(21(29)23-22)24-19(27)16-10-12-25(13-11-16)32(30,31)18-9-8-15-6-4-5-7-17(15)14-18/h8-9,14,16H,3-7,10-13H2,1-2H3,(H,23,29)(H,24,27). The predicted molar refractivity (Wildman–Crippen MR) is 117 cm³/mol. The Morgan fingerprint density at radius 1 is 1.16 bits per heavy atom. The number of hydrogen-bond acceptors (Lipinski definition) is 5. The van der Waals surface area contributed by atoms with E-state index >= 15 is 0 Å². The van der Waals surface area contributed by atoms with Crippen LogP contribution in [0.25, 0.3) is 0 Å². The molecule has 0 saturated carbocycles. The molecule has 0 bridgehead atoms. The number of rotatable bonds is 5. The minimum atomic E-state index is -3.63. The van der Waals surface area contributed by atoms with Gasteiger partial charge in [-0.15, -0.1) is 0 Å². The van der Waals surface area contributed by atoms with Crippen molar-refractivity contribution in [2.45, 2.75) is 69.2 Å². The highest BCUT2D eigenvalue weighted by Gasteiger charge is 2.48. The molecule has 4 rings (SSSR count). The van der Waals surface area contributed by atoms with Crippen LogP contribution in [0.15, 0.2) is 23.1 Å². The van der Waals surface area contributed by atoms with E-state index in [-0.39, 0.29) is 13.1 Å². The third kappa shape index (κ3) is 4.01. The monoisotopic (exact) mass is 462 g/mol. The Morgan fingerprint density at radius 2 is 1.81 bits per heavy atom. The Hall–Kier alpha value is -2.46. The number of aryl methyl sites for hydroxylation is 2. The first kappa shape index (κ1) is 22.7. The molecule has 10 heteroatoms. The quantitative estimate of drug-likeness (QED) is 0.647. The highest BCUT2D eigenvalue weighted by atomic mass is 32.2. The number of hydrogen-bond donors (Lipinski definition) is 2. The Balaban J connectivity index is 1.38. The van der Waals surface area contributed by atoms with E-state index in [0.29, 0.717) is 24.2 Å².